The summed E-state index contributed by atoms with van der Waals surface area (Å²) in [6.07, 6.45) is 1.77. The van der Waals surface area contributed by atoms with Crippen LogP contribution in [0.5, 0.6) is 0 Å². The maximum absolute atomic E-state index is 11.7. The van der Waals surface area contributed by atoms with Crippen molar-refractivity contribution in [1.29, 1.82) is 0 Å². The van der Waals surface area contributed by atoms with Gasteiger partial charge in [0, 0.05) is 38.9 Å². The van der Waals surface area contributed by atoms with Crippen molar-refractivity contribution < 1.29 is 4.79 Å². The van der Waals surface area contributed by atoms with Gasteiger partial charge in [-0.25, -0.2) is 9.97 Å². The first-order valence-electron chi connectivity index (χ1n) is 7.70. The Hall–Kier alpha value is -1.34. The van der Waals surface area contributed by atoms with Gasteiger partial charge in [0.15, 0.2) is 5.16 Å². The average molecular weight is 323 g/mol. The highest BCUT2D eigenvalue weighted by atomic mass is 32.2. The fraction of sp³-hybridized carbons (Fsp3) is 0.667. The number of nitrogens with one attached hydrogen (secondary N) is 1. The van der Waals surface area contributed by atoms with Crippen LogP contribution in [0.2, 0.25) is 0 Å². The summed E-state index contributed by atoms with van der Waals surface area (Å²) in [5, 5.41) is 3.57. The summed E-state index contributed by atoms with van der Waals surface area (Å²) in [4.78, 5) is 25.1. The van der Waals surface area contributed by atoms with Crippen molar-refractivity contribution in [3.63, 3.8) is 0 Å². The number of piperazine rings is 1. The molecule has 0 bridgehead atoms. The molecule has 7 heteroatoms. The van der Waals surface area contributed by atoms with Crippen LogP contribution in [0, 0.1) is 5.92 Å². The first-order chi connectivity index (χ1) is 10.5. The molecule has 2 heterocycles. The Labute approximate surface area is 136 Å². The van der Waals surface area contributed by atoms with Gasteiger partial charge in [-0.1, -0.05) is 25.6 Å². The van der Waals surface area contributed by atoms with Crippen molar-refractivity contribution in [2.24, 2.45) is 5.92 Å². The number of anilines is 1. The van der Waals surface area contributed by atoms with E-state index in [-0.39, 0.29) is 5.91 Å². The number of hydrogen-bond donors (Lipinski definition) is 1. The van der Waals surface area contributed by atoms with Crippen molar-refractivity contribution >= 4 is 23.5 Å². The molecule has 0 unspecified atom stereocenters. The Balaban J connectivity index is 1.85. The summed E-state index contributed by atoms with van der Waals surface area (Å²) in [6, 6.07) is 1.94. The zero-order chi connectivity index (χ0) is 15.9. The molecule has 0 atom stereocenters. The van der Waals surface area contributed by atoms with Gasteiger partial charge in [-0.05, 0) is 19.0 Å². The molecule has 1 amide bonds. The Kier molecular flexibility index (Phi) is 6.45. The molecule has 6 nitrogen and oxygen atoms in total. The Morgan fingerprint density at radius 3 is 2.77 bits per heavy atom. The Bertz CT molecular complexity index is 489. The number of carbonyl (C=O) groups excluding carboxylic acids is 1. The minimum atomic E-state index is 0.0345. The van der Waals surface area contributed by atoms with Gasteiger partial charge in [-0.15, -0.1) is 0 Å². The highest BCUT2D eigenvalue weighted by Crippen LogP contribution is 2.18. The highest BCUT2D eigenvalue weighted by molar-refractivity contribution is 7.99. The summed E-state index contributed by atoms with van der Waals surface area (Å²) >= 11 is 1.39. The van der Waals surface area contributed by atoms with E-state index in [9.17, 15) is 4.79 Å². The number of thioether (sulfide) groups is 1. The molecular formula is C15H25N5OS. The highest BCUT2D eigenvalue weighted by Gasteiger charge is 2.16. The van der Waals surface area contributed by atoms with Gasteiger partial charge in [-0.3, -0.25) is 4.79 Å². The number of likely N-dealkylation sites (N-methyl/N-ethyl adjacent to an activating group) is 1. The van der Waals surface area contributed by atoms with E-state index in [1.807, 2.05) is 6.07 Å². The second-order valence-electron chi connectivity index (χ2n) is 5.97. The molecule has 0 aliphatic carbocycles. The number of carbonyl (C=O) groups is 1. The van der Waals surface area contributed by atoms with Gasteiger partial charge in [0.1, 0.15) is 5.82 Å². The quantitative estimate of drug-likeness (QED) is 0.625. The van der Waals surface area contributed by atoms with E-state index in [0.717, 1.165) is 32.0 Å². The van der Waals surface area contributed by atoms with Crippen molar-refractivity contribution in [1.82, 2.24) is 20.2 Å². The zero-order valence-corrected chi connectivity index (χ0v) is 14.4. The predicted molar refractivity (Wildman–Crippen MR) is 90.3 cm³/mol. The molecule has 1 fully saturated rings. The van der Waals surface area contributed by atoms with Gasteiger partial charge in [-0.2, -0.15) is 0 Å². The van der Waals surface area contributed by atoms with Crippen molar-refractivity contribution in [3.8, 4) is 0 Å². The lowest BCUT2D eigenvalue weighted by molar-refractivity contribution is -0.118. The van der Waals surface area contributed by atoms with Crippen molar-refractivity contribution in [2.75, 3.05) is 50.4 Å². The molecule has 122 valence electrons. The smallest absolute Gasteiger partial charge is 0.230 e. The van der Waals surface area contributed by atoms with Gasteiger partial charge < -0.3 is 15.1 Å². The molecule has 0 spiro atoms. The number of amides is 1. The molecule has 1 aromatic heterocycles. The van der Waals surface area contributed by atoms with Gasteiger partial charge in [0.05, 0.1) is 5.75 Å². The Morgan fingerprint density at radius 2 is 2.09 bits per heavy atom. The SMILES string of the molecule is CC(C)CNC(=O)CSc1nccc(N2CCN(C)CC2)n1. The largest absolute Gasteiger partial charge is 0.355 e. The van der Waals surface area contributed by atoms with Crippen LogP contribution in [0.3, 0.4) is 0 Å². The minimum Gasteiger partial charge on any atom is -0.355 e. The third kappa shape index (κ3) is 5.46. The van der Waals surface area contributed by atoms with E-state index < -0.39 is 0 Å². The molecule has 1 aromatic rings. The fourth-order valence-corrected chi connectivity index (χ4v) is 2.77. The maximum atomic E-state index is 11.7. The van der Waals surface area contributed by atoms with E-state index in [0.29, 0.717) is 23.4 Å². The summed E-state index contributed by atoms with van der Waals surface area (Å²) in [5.74, 6) is 1.81. The van der Waals surface area contributed by atoms with Gasteiger partial charge in [0.25, 0.3) is 0 Å². The second-order valence-corrected chi connectivity index (χ2v) is 6.92. The number of nitrogens with zero attached hydrogens (tertiary/aromatic N) is 4. The third-order valence-electron chi connectivity index (χ3n) is 3.49. The average Bonchev–Trinajstić information content (AvgIpc) is 2.52. The molecule has 0 aromatic carbocycles. The normalized spacial score (nSPS) is 16.1. The lowest BCUT2D eigenvalue weighted by Gasteiger charge is -2.33. The summed E-state index contributed by atoms with van der Waals surface area (Å²) in [5.41, 5.74) is 0. The number of rotatable bonds is 6. The van der Waals surface area contributed by atoms with E-state index in [1.54, 1.807) is 6.20 Å². The first kappa shape index (κ1) is 17.0. The molecule has 1 N–H and O–H groups in total. The standard InChI is InChI=1S/C15H25N5OS/c1-12(2)10-17-14(21)11-22-15-16-5-4-13(18-15)20-8-6-19(3)7-9-20/h4-5,12H,6-11H2,1-3H3,(H,17,21). The topological polar surface area (TPSA) is 61.4 Å². The maximum Gasteiger partial charge on any atom is 0.230 e. The summed E-state index contributed by atoms with van der Waals surface area (Å²) < 4.78 is 0. The lowest BCUT2D eigenvalue weighted by Crippen LogP contribution is -2.44. The molecule has 2 rings (SSSR count). The summed E-state index contributed by atoms with van der Waals surface area (Å²) in [6.45, 7) is 8.92. The molecule has 1 saturated heterocycles. The fourth-order valence-electron chi connectivity index (χ4n) is 2.11. The van der Waals surface area contributed by atoms with Crippen LogP contribution in [0.15, 0.2) is 17.4 Å². The van der Waals surface area contributed by atoms with Crippen LogP contribution < -0.4 is 10.2 Å². The van der Waals surface area contributed by atoms with E-state index in [2.05, 4.69) is 46.0 Å². The zero-order valence-electron chi connectivity index (χ0n) is 13.6. The Morgan fingerprint density at radius 1 is 1.36 bits per heavy atom. The van der Waals surface area contributed by atoms with Crippen LogP contribution in [0.4, 0.5) is 5.82 Å². The van der Waals surface area contributed by atoms with Crippen LogP contribution in [-0.2, 0) is 4.79 Å². The van der Waals surface area contributed by atoms with Gasteiger partial charge >= 0.3 is 0 Å². The predicted octanol–water partition coefficient (Wildman–Crippen LogP) is 1.09. The molecule has 22 heavy (non-hydrogen) atoms. The molecule has 0 saturated carbocycles. The molecule has 1 aliphatic heterocycles. The molecule has 1 aliphatic rings. The van der Waals surface area contributed by atoms with E-state index in [1.165, 1.54) is 11.8 Å². The van der Waals surface area contributed by atoms with Crippen LogP contribution in [-0.4, -0.2) is 66.3 Å². The van der Waals surface area contributed by atoms with Crippen molar-refractivity contribution in [2.45, 2.75) is 19.0 Å². The molecular weight excluding hydrogens is 298 g/mol. The lowest BCUT2D eigenvalue weighted by atomic mass is 10.2. The second kappa shape index (κ2) is 8.33. The van der Waals surface area contributed by atoms with E-state index in [4.69, 9.17) is 0 Å². The number of aromatic nitrogens is 2. The van der Waals surface area contributed by atoms with Crippen LogP contribution in [0.1, 0.15) is 13.8 Å². The monoisotopic (exact) mass is 323 g/mol. The van der Waals surface area contributed by atoms with E-state index >= 15 is 0 Å². The van der Waals surface area contributed by atoms with Crippen molar-refractivity contribution in [3.05, 3.63) is 12.3 Å². The van der Waals surface area contributed by atoms with Crippen LogP contribution >= 0.6 is 11.8 Å². The molecule has 0 radical (unpaired) electrons. The third-order valence-corrected chi connectivity index (χ3v) is 4.35. The first-order valence-corrected chi connectivity index (χ1v) is 8.69. The number of hydrogen-bond acceptors (Lipinski definition) is 6. The van der Waals surface area contributed by atoms with Crippen LogP contribution in [0.25, 0.3) is 0 Å². The van der Waals surface area contributed by atoms with Gasteiger partial charge in [0.2, 0.25) is 5.91 Å². The summed E-state index contributed by atoms with van der Waals surface area (Å²) in [7, 11) is 2.13. The minimum absolute atomic E-state index is 0.0345.